The zero-order valence-corrected chi connectivity index (χ0v) is 14.5. The maximum atomic E-state index is 8.68. The van der Waals surface area contributed by atoms with Gasteiger partial charge in [-0.25, -0.2) is 0 Å². The number of benzene rings is 2. The Kier molecular flexibility index (Phi) is 7.60. The quantitative estimate of drug-likeness (QED) is 0.513. The van der Waals surface area contributed by atoms with Crippen molar-refractivity contribution < 1.29 is 0 Å². The number of aryl methyl sites for hydroxylation is 2. The molecule has 0 fully saturated rings. The van der Waals surface area contributed by atoms with Crippen LogP contribution in [0, 0.1) is 21.3 Å². The summed E-state index contributed by atoms with van der Waals surface area (Å²) >= 11 is 2.61. The van der Waals surface area contributed by atoms with Gasteiger partial charge >= 0.3 is 0 Å². The topological polar surface area (TPSA) is 47.6 Å². The van der Waals surface area contributed by atoms with Gasteiger partial charge in [-0.1, -0.05) is 48.5 Å². The number of thioether (sulfide) groups is 2. The molecule has 0 aliphatic carbocycles. The number of nitrogens with zero attached hydrogens (tertiary/aromatic N) is 2. The highest BCUT2D eigenvalue weighted by molar-refractivity contribution is 8.03. The number of thiocyanates is 2. The van der Waals surface area contributed by atoms with Crippen LogP contribution < -0.4 is 0 Å². The molecule has 2 aromatic rings. The molecule has 2 nitrogen and oxygen atoms in total. The summed E-state index contributed by atoms with van der Waals surface area (Å²) in [5.74, 6) is 1.65. The Morgan fingerprint density at radius 3 is 1.43 bits per heavy atom. The standard InChI is InChI=1S/C19H18N2S2/c20-14-22-11-9-16-5-1-3-7-18(16)13-19-8-4-2-6-17(19)10-12-23-15-21/h1-8H,9-13H2. The summed E-state index contributed by atoms with van der Waals surface area (Å²) in [5.41, 5.74) is 5.28. The highest BCUT2D eigenvalue weighted by Crippen LogP contribution is 2.20. The summed E-state index contributed by atoms with van der Waals surface area (Å²) in [6, 6.07) is 16.9. The minimum atomic E-state index is 0.827. The largest absolute Gasteiger partial charge is 0.185 e. The summed E-state index contributed by atoms with van der Waals surface area (Å²) in [7, 11) is 0. The first kappa shape index (κ1) is 17.5. The SMILES string of the molecule is N#CSCCc1ccccc1Cc1ccccc1CCSC#N. The van der Waals surface area contributed by atoms with Gasteiger partial charge in [-0.2, -0.15) is 10.5 Å². The second-order valence-corrected chi connectivity index (χ2v) is 6.85. The molecule has 0 atom stereocenters. The Morgan fingerprint density at radius 2 is 1.04 bits per heavy atom. The van der Waals surface area contributed by atoms with E-state index in [4.69, 9.17) is 10.5 Å². The maximum Gasteiger partial charge on any atom is 0.133 e. The highest BCUT2D eigenvalue weighted by atomic mass is 32.2. The fraction of sp³-hybridized carbons (Fsp3) is 0.263. The third kappa shape index (κ3) is 5.67. The predicted molar refractivity (Wildman–Crippen MR) is 99.2 cm³/mol. The molecule has 0 unspecified atom stereocenters. The van der Waals surface area contributed by atoms with Crippen LogP contribution in [0.3, 0.4) is 0 Å². The Morgan fingerprint density at radius 1 is 0.652 bits per heavy atom. The number of rotatable bonds is 8. The fourth-order valence-corrected chi connectivity index (χ4v) is 3.39. The lowest BCUT2D eigenvalue weighted by Crippen LogP contribution is -2.01. The second-order valence-electron chi connectivity index (χ2n) is 5.09. The summed E-state index contributed by atoms with van der Waals surface area (Å²) in [6.45, 7) is 0. The van der Waals surface area contributed by atoms with Crippen LogP contribution >= 0.6 is 23.5 Å². The van der Waals surface area contributed by atoms with Crippen LogP contribution in [0.4, 0.5) is 0 Å². The molecule has 0 aliphatic rings. The van der Waals surface area contributed by atoms with Crippen molar-refractivity contribution in [2.75, 3.05) is 11.5 Å². The van der Waals surface area contributed by atoms with Crippen LogP contribution in [-0.4, -0.2) is 11.5 Å². The predicted octanol–water partition coefficient (Wildman–Crippen LogP) is 4.79. The van der Waals surface area contributed by atoms with Gasteiger partial charge in [0.2, 0.25) is 0 Å². The molecule has 0 radical (unpaired) electrons. The highest BCUT2D eigenvalue weighted by Gasteiger charge is 2.07. The van der Waals surface area contributed by atoms with Gasteiger partial charge in [0.15, 0.2) is 0 Å². The van der Waals surface area contributed by atoms with Gasteiger partial charge in [-0.3, -0.25) is 0 Å². The Labute approximate surface area is 146 Å². The first-order chi connectivity index (χ1) is 11.3. The zero-order chi connectivity index (χ0) is 16.3. The Balaban J connectivity index is 2.13. The van der Waals surface area contributed by atoms with Gasteiger partial charge in [-0.05, 0) is 65.0 Å². The van der Waals surface area contributed by atoms with Crippen LogP contribution in [0.15, 0.2) is 48.5 Å². The number of hydrogen-bond acceptors (Lipinski definition) is 4. The van der Waals surface area contributed by atoms with E-state index in [0.717, 1.165) is 30.8 Å². The molecule has 2 rings (SSSR count). The van der Waals surface area contributed by atoms with Crippen LogP contribution in [0.5, 0.6) is 0 Å². The van der Waals surface area contributed by atoms with Crippen molar-refractivity contribution in [3.05, 3.63) is 70.8 Å². The van der Waals surface area contributed by atoms with Gasteiger partial charge in [0, 0.05) is 11.5 Å². The molecule has 0 aliphatic heterocycles. The first-order valence-electron chi connectivity index (χ1n) is 7.50. The van der Waals surface area contributed by atoms with Crippen molar-refractivity contribution in [3.8, 4) is 10.8 Å². The second kappa shape index (κ2) is 10.0. The van der Waals surface area contributed by atoms with E-state index in [0.29, 0.717) is 0 Å². The molecular weight excluding hydrogens is 320 g/mol. The molecule has 0 saturated heterocycles. The van der Waals surface area contributed by atoms with Gasteiger partial charge in [0.25, 0.3) is 0 Å². The Hall–Kier alpha value is -1.88. The molecule has 0 spiro atoms. The van der Waals surface area contributed by atoms with Crippen molar-refractivity contribution in [1.29, 1.82) is 10.5 Å². The molecule has 0 aromatic heterocycles. The Bertz CT molecular complexity index is 652. The van der Waals surface area contributed by atoms with E-state index in [2.05, 4.69) is 59.3 Å². The molecule has 4 heteroatoms. The van der Waals surface area contributed by atoms with Gasteiger partial charge in [-0.15, -0.1) is 0 Å². The van der Waals surface area contributed by atoms with Gasteiger partial charge < -0.3 is 0 Å². The van der Waals surface area contributed by atoms with Gasteiger partial charge in [0.05, 0.1) is 0 Å². The molecule has 116 valence electrons. The fourth-order valence-electron chi connectivity index (χ4n) is 2.57. The van der Waals surface area contributed by atoms with Crippen molar-refractivity contribution in [2.24, 2.45) is 0 Å². The number of nitriles is 2. The van der Waals surface area contributed by atoms with E-state index >= 15 is 0 Å². The lowest BCUT2D eigenvalue weighted by Gasteiger charge is -2.12. The van der Waals surface area contributed by atoms with E-state index in [-0.39, 0.29) is 0 Å². The maximum absolute atomic E-state index is 8.68. The smallest absolute Gasteiger partial charge is 0.133 e. The van der Waals surface area contributed by atoms with Crippen molar-refractivity contribution >= 4 is 23.5 Å². The molecule has 2 aromatic carbocycles. The zero-order valence-electron chi connectivity index (χ0n) is 12.9. The molecular formula is C19H18N2S2. The van der Waals surface area contributed by atoms with Gasteiger partial charge in [0.1, 0.15) is 10.8 Å². The van der Waals surface area contributed by atoms with E-state index < -0.39 is 0 Å². The van der Waals surface area contributed by atoms with Crippen LogP contribution in [-0.2, 0) is 19.3 Å². The molecule has 0 heterocycles. The van der Waals surface area contributed by atoms with E-state index in [1.807, 2.05) is 0 Å². The minimum absolute atomic E-state index is 0.827. The van der Waals surface area contributed by atoms with E-state index in [1.54, 1.807) is 0 Å². The average Bonchev–Trinajstić information content (AvgIpc) is 2.58. The summed E-state index contributed by atoms with van der Waals surface area (Å²) < 4.78 is 0. The van der Waals surface area contributed by atoms with E-state index in [9.17, 15) is 0 Å². The molecule has 0 saturated carbocycles. The van der Waals surface area contributed by atoms with E-state index in [1.165, 1.54) is 45.8 Å². The summed E-state index contributed by atoms with van der Waals surface area (Å²) in [6.07, 6.45) is 2.74. The lowest BCUT2D eigenvalue weighted by molar-refractivity contribution is 1.03. The van der Waals surface area contributed by atoms with Crippen molar-refractivity contribution in [2.45, 2.75) is 19.3 Å². The molecule has 0 N–H and O–H groups in total. The van der Waals surface area contributed by atoms with Crippen LogP contribution in [0.2, 0.25) is 0 Å². The molecule has 23 heavy (non-hydrogen) atoms. The molecule has 0 amide bonds. The first-order valence-corrected chi connectivity index (χ1v) is 9.47. The van der Waals surface area contributed by atoms with Crippen molar-refractivity contribution in [3.63, 3.8) is 0 Å². The molecule has 0 bridgehead atoms. The third-order valence-electron chi connectivity index (χ3n) is 3.69. The van der Waals surface area contributed by atoms with Crippen LogP contribution in [0.25, 0.3) is 0 Å². The normalized spacial score (nSPS) is 10.0. The average molecular weight is 339 g/mol. The monoisotopic (exact) mass is 338 g/mol. The summed E-state index contributed by atoms with van der Waals surface area (Å²) in [4.78, 5) is 0. The third-order valence-corrected chi connectivity index (χ3v) is 4.77. The number of hydrogen-bond donors (Lipinski definition) is 0. The lowest BCUT2D eigenvalue weighted by atomic mass is 9.94. The minimum Gasteiger partial charge on any atom is -0.185 e. The van der Waals surface area contributed by atoms with Crippen LogP contribution in [0.1, 0.15) is 22.3 Å². The summed E-state index contributed by atoms with van der Waals surface area (Å²) in [5, 5.41) is 21.6. The van der Waals surface area contributed by atoms with Crippen molar-refractivity contribution in [1.82, 2.24) is 0 Å².